The molecule has 0 saturated carbocycles. The van der Waals surface area contributed by atoms with Crippen LogP contribution in [0.15, 0.2) is 34.8 Å². The van der Waals surface area contributed by atoms with Crippen molar-refractivity contribution in [2.24, 2.45) is 0 Å². The Kier molecular flexibility index (Phi) is 4.81. The number of rotatable bonds is 2. The molecular formula is C13H8BrCl3N2O. The number of hydrogen-bond donors (Lipinski definition) is 2. The van der Waals surface area contributed by atoms with E-state index in [-0.39, 0.29) is 15.6 Å². The van der Waals surface area contributed by atoms with Crippen molar-refractivity contribution in [2.75, 3.05) is 11.1 Å². The molecule has 3 nitrogen and oxygen atoms in total. The zero-order valence-electron chi connectivity index (χ0n) is 9.88. The summed E-state index contributed by atoms with van der Waals surface area (Å²) in [4.78, 5) is 12.2. The molecule has 0 fully saturated rings. The highest BCUT2D eigenvalue weighted by atomic mass is 79.9. The van der Waals surface area contributed by atoms with Crippen molar-refractivity contribution < 1.29 is 4.79 Å². The van der Waals surface area contributed by atoms with Gasteiger partial charge in [-0.15, -0.1) is 0 Å². The second kappa shape index (κ2) is 6.22. The van der Waals surface area contributed by atoms with Gasteiger partial charge >= 0.3 is 0 Å². The number of amides is 1. The predicted molar refractivity (Wildman–Crippen MR) is 88.0 cm³/mol. The van der Waals surface area contributed by atoms with Crippen LogP contribution in [0.3, 0.4) is 0 Å². The molecule has 0 aliphatic heterocycles. The first-order valence-corrected chi connectivity index (χ1v) is 7.32. The van der Waals surface area contributed by atoms with E-state index in [0.29, 0.717) is 20.9 Å². The van der Waals surface area contributed by atoms with Crippen LogP contribution < -0.4 is 11.1 Å². The minimum Gasteiger partial charge on any atom is -0.399 e. The van der Waals surface area contributed by atoms with Crippen molar-refractivity contribution in [1.82, 2.24) is 0 Å². The van der Waals surface area contributed by atoms with Gasteiger partial charge in [0.15, 0.2) is 0 Å². The fourth-order valence-corrected chi connectivity index (χ4v) is 2.47. The molecule has 0 aliphatic carbocycles. The Bertz CT molecular complexity index is 692. The molecular weight excluding hydrogens is 386 g/mol. The average molecular weight is 394 g/mol. The molecule has 0 saturated heterocycles. The summed E-state index contributed by atoms with van der Waals surface area (Å²) in [7, 11) is 0. The van der Waals surface area contributed by atoms with Crippen LogP contribution in [0.2, 0.25) is 15.1 Å². The summed E-state index contributed by atoms with van der Waals surface area (Å²) in [6.45, 7) is 0. The van der Waals surface area contributed by atoms with Crippen molar-refractivity contribution >= 4 is 68.0 Å². The second-order valence-corrected chi connectivity index (χ2v) is 5.99. The Balaban J connectivity index is 2.30. The molecule has 3 N–H and O–H groups in total. The lowest BCUT2D eigenvalue weighted by Crippen LogP contribution is -2.13. The number of carbonyl (C=O) groups excluding carboxylic acids is 1. The molecule has 0 heterocycles. The Morgan fingerprint density at radius 1 is 1.10 bits per heavy atom. The molecule has 0 bridgehead atoms. The Morgan fingerprint density at radius 2 is 1.80 bits per heavy atom. The van der Waals surface area contributed by atoms with E-state index in [1.54, 1.807) is 18.2 Å². The van der Waals surface area contributed by atoms with Gasteiger partial charge in [0.25, 0.3) is 5.91 Å². The van der Waals surface area contributed by atoms with Crippen LogP contribution in [0.1, 0.15) is 10.4 Å². The lowest BCUT2D eigenvalue weighted by molar-refractivity contribution is 0.102. The maximum atomic E-state index is 12.2. The first-order chi connectivity index (χ1) is 9.38. The molecule has 2 rings (SSSR count). The van der Waals surface area contributed by atoms with Gasteiger partial charge in [0.1, 0.15) is 0 Å². The van der Waals surface area contributed by atoms with E-state index in [1.807, 2.05) is 0 Å². The minimum absolute atomic E-state index is 0.159. The topological polar surface area (TPSA) is 55.1 Å². The third-order valence-corrected chi connectivity index (χ3v) is 4.49. The van der Waals surface area contributed by atoms with Gasteiger partial charge in [0.05, 0.1) is 20.6 Å². The van der Waals surface area contributed by atoms with Crippen LogP contribution in [0.25, 0.3) is 0 Å². The Morgan fingerprint density at radius 3 is 2.45 bits per heavy atom. The lowest BCUT2D eigenvalue weighted by atomic mass is 10.2. The highest BCUT2D eigenvalue weighted by molar-refractivity contribution is 9.10. The molecule has 7 heteroatoms. The van der Waals surface area contributed by atoms with E-state index < -0.39 is 5.91 Å². The van der Waals surface area contributed by atoms with Crippen molar-refractivity contribution in [2.45, 2.75) is 0 Å². The molecule has 0 aromatic heterocycles. The first kappa shape index (κ1) is 15.4. The first-order valence-electron chi connectivity index (χ1n) is 5.39. The number of nitrogens with one attached hydrogen (secondary N) is 1. The standard InChI is InChI=1S/C13H8BrCl3N2O/c14-9-5-7(1-2-10(9)15)19-13(20)8-3-6(18)4-11(16)12(8)17/h1-5H,18H2,(H,19,20). The number of halogens is 4. The summed E-state index contributed by atoms with van der Waals surface area (Å²) in [6, 6.07) is 7.97. The van der Waals surface area contributed by atoms with Crippen molar-refractivity contribution in [1.29, 1.82) is 0 Å². The van der Waals surface area contributed by atoms with Crippen LogP contribution in [0.4, 0.5) is 11.4 Å². The fraction of sp³-hybridized carbons (Fsp3) is 0. The number of nitrogen functional groups attached to an aromatic ring is 1. The highest BCUT2D eigenvalue weighted by Gasteiger charge is 2.14. The van der Waals surface area contributed by atoms with Gasteiger partial charge in [-0.3, -0.25) is 4.79 Å². The van der Waals surface area contributed by atoms with Crippen molar-refractivity contribution in [3.8, 4) is 0 Å². The number of carbonyl (C=O) groups is 1. The minimum atomic E-state index is -0.404. The zero-order chi connectivity index (χ0) is 14.9. The van der Waals surface area contributed by atoms with E-state index in [4.69, 9.17) is 40.5 Å². The monoisotopic (exact) mass is 392 g/mol. The predicted octanol–water partition coefficient (Wildman–Crippen LogP) is 5.24. The largest absolute Gasteiger partial charge is 0.399 e. The van der Waals surface area contributed by atoms with Gasteiger partial charge in [-0.25, -0.2) is 0 Å². The quantitative estimate of drug-likeness (QED) is 0.684. The van der Waals surface area contributed by atoms with Crippen LogP contribution in [-0.2, 0) is 0 Å². The lowest BCUT2D eigenvalue weighted by Gasteiger charge is -2.09. The van der Waals surface area contributed by atoms with Gasteiger partial charge in [0, 0.05) is 15.8 Å². The van der Waals surface area contributed by atoms with Gasteiger partial charge in [0.2, 0.25) is 0 Å². The molecule has 2 aromatic carbocycles. The van der Waals surface area contributed by atoms with Crippen LogP contribution >= 0.6 is 50.7 Å². The summed E-state index contributed by atoms with van der Waals surface area (Å²) in [6.07, 6.45) is 0. The van der Waals surface area contributed by atoms with Gasteiger partial charge in [-0.1, -0.05) is 34.8 Å². The summed E-state index contributed by atoms with van der Waals surface area (Å²) in [5, 5.41) is 3.63. The van der Waals surface area contributed by atoms with E-state index in [1.165, 1.54) is 12.1 Å². The molecule has 0 aliphatic rings. The molecule has 2 aromatic rings. The van der Waals surface area contributed by atoms with Gasteiger partial charge in [-0.2, -0.15) is 0 Å². The summed E-state index contributed by atoms with van der Waals surface area (Å²) < 4.78 is 0.675. The molecule has 20 heavy (non-hydrogen) atoms. The van der Waals surface area contributed by atoms with Crippen molar-refractivity contribution in [3.63, 3.8) is 0 Å². The molecule has 104 valence electrons. The van der Waals surface area contributed by atoms with Crippen molar-refractivity contribution in [3.05, 3.63) is 55.4 Å². The van der Waals surface area contributed by atoms with Crippen LogP contribution in [0.5, 0.6) is 0 Å². The van der Waals surface area contributed by atoms with E-state index in [9.17, 15) is 4.79 Å². The third kappa shape index (κ3) is 3.38. The Labute approximate surface area is 139 Å². The fourth-order valence-electron chi connectivity index (χ4n) is 1.55. The normalized spacial score (nSPS) is 10.4. The van der Waals surface area contributed by atoms with E-state index in [0.717, 1.165) is 0 Å². The maximum absolute atomic E-state index is 12.2. The molecule has 0 unspecified atom stereocenters. The number of anilines is 2. The van der Waals surface area contributed by atoms with E-state index >= 15 is 0 Å². The number of hydrogen-bond acceptors (Lipinski definition) is 2. The van der Waals surface area contributed by atoms with Crippen LogP contribution in [-0.4, -0.2) is 5.91 Å². The number of benzene rings is 2. The highest BCUT2D eigenvalue weighted by Crippen LogP contribution is 2.30. The molecule has 0 spiro atoms. The molecule has 0 radical (unpaired) electrons. The summed E-state index contributed by atoms with van der Waals surface area (Å²) in [5.41, 5.74) is 6.80. The molecule has 0 atom stereocenters. The maximum Gasteiger partial charge on any atom is 0.257 e. The second-order valence-electron chi connectivity index (χ2n) is 3.95. The smallest absolute Gasteiger partial charge is 0.257 e. The SMILES string of the molecule is Nc1cc(Cl)c(Cl)c(C(=O)Nc2ccc(Cl)c(Br)c2)c1. The van der Waals surface area contributed by atoms with Crippen LogP contribution in [0, 0.1) is 0 Å². The van der Waals surface area contributed by atoms with E-state index in [2.05, 4.69) is 21.2 Å². The van der Waals surface area contributed by atoms with Gasteiger partial charge < -0.3 is 11.1 Å². The summed E-state index contributed by atoms with van der Waals surface area (Å²) in [5.74, 6) is -0.404. The number of nitrogens with two attached hydrogens (primary N) is 1. The third-order valence-electron chi connectivity index (χ3n) is 2.47. The van der Waals surface area contributed by atoms with Gasteiger partial charge in [-0.05, 0) is 46.3 Å². The Hall–Kier alpha value is -0.940. The zero-order valence-corrected chi connectivity index (χ0v) is 13.7. The summed E-state index contributed by atoms with van der Waals surface area (Å²) >= 11 is 21.1. The molecule has 1 amide bonds. The average Bonchev–Trinajstić information content (AvgIpc) is 2.38.